The molecule has 0 saturated heterocycles. The van der Waals surface area contributed by atoms with Crippen LogP contribution in [0.1, 0.15) is 43.1 Å². The molecule has 2 fully saturated rings. The number of nitrogens with one attached hydrogen (secondary N) is 1. The van der Waals surface area contributed by atoms with Crippen LogP contribution < -0.4 is 5.32 Å². The van der Waals surface area contributed by atoms with E-state index in [1.54, 1.807) is 30.6 Å². The molecule has 2 saturated carbocycles. The van der Waals surface area contributed by atoms with Crippen LogP contribution >= 0.6 is 11.6 Å². The molecule has 1 aromatic heterocycles. The standard InChI is InChI=1S/C23H22ClF2N3O/c1-23(2,28-22(30)12-3-5-13(24)6-4-12)21-15-7-14(8-16(15)21)29-11-27-19-9-17(25)18(26)10-20(19)29/h3-6,9-11,14-16,21H,7-8H2,1-2H3,(H,28,30)/t14?,15-,16+,21?. The predicted octanol–water partition coefficient (Wildman–Crippen LogP) is 5.37. The number of aromatic nitrogens is 2. The number of benzene rings is 2. The molecule has 2 unspecified atom stereocenters. The molecular weight excluding hydrogens is 408 g/mol. The minimum atomic E-state index is -0.875. The zero-order chi connectivity index (χ0) is 21.2. The Kier molecular flexibility index (Phi) is 4.40. The van der Waals surface area contributed by atoms with Crippen LogP contribution in [0.4, 0.5) is 8.78 Å². The van der Waals surface area contributed by atoms with Gasteiger partial charge in [0.15, 0.2) is 11.6 Å². The SMILES string of the molecule is CC(C)(NC(=O)c1ccc(Cl)cc1)C1[C@H]2CC(n3cnc4cc(F)c(F)cc43)C[C@@H]12. The molecule has 0 spiro atoms. The Morgan fingerprint density at radius 2 is 1.77 bits per heavy atom. The van der Waals surface area contributed by atoms with Gasteiger partial charge in [0.05, 0.1) is 17.4 Å². The summed E-state index contributed by atoms with van der Waals surface area (Å²) in [6.07, 6.45) is 3.57. The molecule has 1 heterocycles. The summed E-state index contributed by atoms with van der Waals surface area (Å²) in [6.45, 7) is 4.15. The van der Waals surface area contributed by atoms with Crippen molar-refractivity contribution in [3.8, 4) is 0 Å². The summed E-state index contributed by atoms with van der Waals surface area (Å²) in [6, 6.07) is 9.47. The highest BCUT2D eigenvalue weighted by Crippen LogP contribution is 2.64. The van der Waals surface area contributed by atoms with Gasteiger partial charge in [0.25, 0.3) is 5.91 Å². The first-order valence-electron chi connectivity index (χ1n) is 10.1. The van der Waals surface area contributed by atoms with Crippen molar-refractivity contribution < 1.29 is 13.6 Å². The van der Waals surface area contributed by atoms with Gasteiger partial charge < -0.3 is 9.88 Å². The zero-order valence-electron chi connectivity index (χ0n) is 16.7. The first-order valence-corrected chi connectivity index (χ1v) is 10.5. The lowest BCUT2D eigenvalue weighted by atomic mass is 9.90. The minimum absolute atomic E-state index is 0.101. The summed E-state index contributed by atoms with van der Waals surface area (Å²) in [4.78, 5) is 16.9. The molecule has 0 radical (unpaired) electrons. The molecule has 30 heavy (non-hydrogen) atoms. The molecule has 156 valence electrons. The summed E-state index contributed by atoms with van der Waals surface area (Å²) in [7, 11) is 0. The quantitative estimate of drug-likeness (QED) is 0.605. The minimum Gasteiger partial charge on any atom is -0.347 e. The average Bonchev–Trinajstić information content (AvgIpc) is 3.02. The topological polar surface area (TPSA) is 46.9 Å². The molecule has 7 heteroatoms. The first-order chi connectivity index (χ1) is 14.2. The maximum atomic E-state index is 13.7. The van der Waals surface area contributed by atoms with Gasteiger partial charge in [-0.3, -0.25) is 4.79 Å². The lowest BCUT2D eigenvalue weighted by Crippen LogP contribution is -2.46. The van der Waals surface area contributed by atoms with Gasteiger partial charge in [0.1, 0.15) is 0 Å². The summed E-state index contributed by atoms with van der Waals surface area (Å²) in [5, 5.41) is 3.78. The average molecular weight is 430 g/mol. The van der Waals surface area contributed by atoms with Crippen molar-refractivity contribution in [2.75, 3.05) is 0 Å². The molecule has 2 aliphatic rings. The van der Waals surface area contributed by atoms with Crippen LogP contribution in [0.2, 0.25) is 5.02 Å². The van der Waals surface area contributed by atoms with E-state index in [-0.39, 0.29) is 17.5 Å². The normalized spacial score (nSPS) is 25.4. The van der Waals surface area contributed by atoms with Crippen LogP contribution in [-0.4, -0.2) is 21.0 Å². The summed E-state index contributed by atoms with van der Waals surface area (Å²) < 4.78 is 29.2. The molecule has 0 aliphatic heterocycles. The smallest absolute Gasteiger partial charge is 0.251 e. The Morgan fingerprint density at radius 3 is 2.43 bits per heavy atom. The number of halogens is 3. The van der Waals surface area contributed by atoms with Crippen molar-refractivity contribution in [2.45, 2.75) is 38.3 Å². The number of hydrogen-bond acceptors (Lipinski definition) is 2. The molecule has 3 aromatic rings. The van der Waals surface area contributed by atoms with E-state index in [0.29, 0.717) is 39.4 Å². The molecule has 5 rings (SSSR count). The number of nitrogens with zero attached hydrogens (tertiary/aromatic N) is 2. The second-order valence-corrected chi connectivity index (χ2v) is 9.50. The van der Waals surface area contributed by atoms with E-state index in [2.05, 4.69) is 24.1 Å². The van der Waals surface area contributed by atoms with Crippen LogP contribution in [0.5, 0.6) is 0 Å². The van der Waals surface area contributed by atoms with Crippen LogP contribution in [0, 0.1) is 29.4 Å². The monoisotopic (exact) mass is 429 g/mol. The van der Waals surface area contributed by atoms with E-state index in [0.717, 1.165) is 18.9 Å². The van der Waals surface area contributed by atoms with Gasteiger partial charge in [-0.1, -0.05) is 11.6 Å². The summed E-state index contributed by atoms with van der Waals surface area (Å²) in [5.41, 5.74) is 1.37. The number of fused-ring (bicyclic) bond motifs is 2. The molecule has 2 aliphatic carbocycles. The number of carbonyl (C=O) groups is 1. The van der Waals surface area contributed by atoms with Crippen molar-refractivity contribution in [1.29, 1.82) is 0 Å². The van der Waals surface area contributed by atoms with Crippen molar-refractivity contribution in [2.24, 2.45) is 17.8 Å². The van der Waals surface area contributed by atoms with Crippen LogP contribution in [0.15, 0.2) is 42.7 Å². The van der Waals surface area contributed by atoms with Crippen LogP contribution in [0.3, 0.4) is 0 Å². The van der Waals surface area contributed by atoms with Gasteiger partial charge >= 0.3 is 0 Å². The van der Waals surface area contributed by atoms with Gasteiger partial charge in [0.2, 0.25) is 0 Å². The number of hydrogen-bond donors (Lipinski definition) is 1. The second-order valence-electron chi connectivity index (χ2n) is 9.07. The third kappa shape index (κ3) is 3.18. The number of carbonyl (C=O) groups excluding carboxylic acids is 1. The second kappa shape index (κ2) is 6.77. The largest absolute Gasteiger partial charge is 0.347 e. The lowest BCUT2D eigenvalue weighted by molar-refractivity contribution is 0.0895. The van der Waals surface area contributed by atoms with Crippen molar-refractivity contribution >= 4 is 28.5 Å². The Balaban J connectivity index is 1.27. The zero-order valence-corrected chi connectivity index (χ0v) is 17.5. The van der Waals surface area contributed by atoms with E-state index in [1.807, 2.05) is 4.57 Å². The van der Waals surface area contributed by atoms with Gasteiger partial charge in [-0.15, -0.1) is 0 Å². The molecule has 4 atom stereocenters. The maximum Gasteiger partial charge on any atom is 0.251 e. The van der Waals surface area contributed by atoms with Crippen molar-refractivity contribution in [3.63, 3.8) is 0 Å². The molecule has 2 aromatic carbocycles. The fraction of sp³-hybridized carbons (Fsp3) is 0.391. The molecule has 1 N–H and O–H groups in total. The summed E-state index contributed by atoms with van der Waals surface area (Å²) >= 11 is 5.91. The van der Waals surface area contributed by atoms with Crippen LogP contribution in [-0.2, 0) is 0 Å². The van der Waals surface area contributed by atoms with E-state index >= 15 is 0 Å². The van der Waals surface area contributed by atoms with E-state index in [4.69, 9.17) is 11.6 Å². The Labute approximate surface area is 178 Å². The van der Waals surface area contributed by atoms with E-state index in [1.165, 1.54) is 6.07 Å². The van der Waals surface area contributed by atoms with Crippen LogP contribution in [0.25, 0.3) is 11.0 Å². The van der Waals surface area contributed by atoms with Gasteiger partial charge in [0, 0.05) is 34.3 Å². The number of amides is 1. The van der Waals surface area contributed by atoms with Gasteiger partial charge in [-0.05, 0) is 68.7 Å². The number of rotatable bonds is 4. The number of imidazole rings is 1. The summed E-state index contributed by atoms with van der Waals surface area (Å²) in [5.74, 6) is -0.432. The molecule has 1 amide bonds. The Hall–Kier alpha value is -2.47. The molecule has 4 nitrogen and oxygen atoms in total. The highest BCUT2D eigenvalue weighted by atomic mass is 35.5. The lowest BCUT2D eigenvalue weighted by Gasteiger charge is -2.30. The predicted molar refractivity (Wildman–Crippen MR) is 111 cm³/mol. The van der Waals surface area contributed by atoms with Crippen molar-refractivity contribution in [1.82, 2.24) is 14.9 Å². The molecule has 0 bridgehead atoms. The van der Waals surface area contributed by atoms with E-state index < -0.39 is 11.6 Å². The van der Waals surface area contributed by atoms with E-state index in [9.17, 15) is 13.6 Å². The Morgan fingerprint density at radius 1 is 1.13 bits per heavy atom. The molecular formula is C23H22ClF2N3O. The highest BCUT2D eigenvalue weighted by Gasteiger charge is 2.62. The Bertz CT molecular complexity index is 1130. The third-order valence-corrected chi connectivity index (χ3v) is 7.06. The fourth-order valence-electron chi connectivity index (χ4n) is 5.47. The van der Waals surface area contributed by atoms with Gasteiger partial charge in [-0.25, -0.2) is 13.8 Å². The fourth-order valence-corrected chi connectivity index (χ4v) is 5.60. The third-order valence-electron chi connectivity index (χ3n) is 6.81. The maximum absolute atomic E-state index is 13.7. The van der Waals surface area contributed by atoms with Gasteiger partial charge in [-0.2, -0.15) is 0 Å². The first kappa shape index (κ1) is 19.5. The van der Waals surface area contributed by atoms with Crippen molar-refractivity contribution in [3.05, 3.63) is 64.9 Å². The highest BCUT2D eigenvalue weighted by molar-refractivity contribution is 6.30.